The molecule has 1 aliphatic heterocycles. The lowest BCUT2D eigenvalue weighted by atomic mass is 10.0. The quantitative estimate of drug-likeness (QED) is 0.843. The molecule has 1 aromatic heterocycles. The van der Waals surface area contributed by atoms with Gasteiger partial charge in [0.05, 0.1) is 6.61 Å². The SMILES string of the molecule is Cc1ccc(OCC[C@@H]2CCCCN2C(=O)OC(C)(C)C)nc1. The van der Waals surface area contributed by atoms with Gasteiger partial charge in [-0.3, -0.25) is 0 Å². The Hall–Kier alpha value is -1.78. The number of hydrogen-bond donors (Lipinski definition) is 0. The van der Waals surface area contributed by atoms with Crippen LogP contribution in [0.2, 0.25) is 0 Å². The highest BCUT2D eigenvalue weighted by Gasteiger charge is 2.30. The van der Waals surface area contributed by atoms with Crippen molar-refractivity contribution in [2.45, 2.75) is 65.0 Å². The molecule has 0 N–H and O–H groups in total. The van der Waals surface area contributed by atoms with Crippen LogP contribution in [0.1, 0.15) is 52.0 Å². The summed E-state index contributed by atoms with van der Waals surface area (Å²) in [5.74, 6) is 0.634. The van der Waals surface area contributed by atoms with Crippen LogP contribution in [-0.2, 0) is 4.74 Å². The lowest BCUT2D eigenvalue weighted by Crippen LogP contribution is -2.46. The van der Waals surface area contributed by atoms with Gasteiger partial charge in [-0.15, -0.1) is 0 Å². The highest BCUT2D eigenvalue weighted by molar-refractivity contribution is 5.68. The van der Waals surface area contributed by atoms with Crippen molar-refractivity contribution in [2.75, 3.05) is 13.2 Å². The molecule has 2 heterocycles. The molecule has 0 saturated carbocycles. The van der Waals surface area contributed by atoms with Crippen LogP contribution in [0, 0.1) is 6.92 Å². The zero-order chi connectivity index (χ0) is 16.9. The van der Waals surface area contributed by atoms with Crippen LogP contribution in [0.15, 0.2) is 18.3 Å². The lowest BCUT2D eigenvalue weighted by molar-refractivity contribution is 0.00738. The van der Waals surface area contributed by atoms with Crippen molar-refractivity contribution in [3.05, 3.63) is 23.9 Å². The first-order valence-corrected chi connectivity index (χ1v) is 8.40. The number of rotatable bonds is 4. The van der Waals surface area contributed by atoms with Gasteiger partial charge in [0.25, 0.3) is 0 Å². The van der Waals surface area contributed by atoms with Crippen LogP contribution >= 0.6 is 0 Å². The monoisotopic (exact) mass is 320 g/mol. The van der Waals surface area contributed by atoms with Gasteiger partial charge in [0.2, 0.25) is 5.88 Å². The lowest BCUT2D eigenvalue weighted by Gasteiger charge is -2.36. The molecule has 1 aromatic rings. The van der Waals surface area contributed by atoms with E-state index in [0.29, 0.717) is 12.5 Å². The van der Waals surface area contributed by atoms with Gasteiger partial charge in [-0.2, -0.15) is 0 Å². The van der Waals surface area contributed by atoms with Gasteiger partial charge in [0, 0.05) is 31.3 Å². The third kappa shape index (κ3) is 5.73. The minimum atomic E-state index is -0.457. The number of amides is 1. The number of piperidine rings is 1. The van der Waals surface area contributed by atoms with E-state index in [1.807, 2.05) is 44.7 Å². The smallest absolute Gasteiger partial charge is 0.410 e. The van der Waals surface area contributed by atoms with Gasteiger partial charge in [0.15, 0.2) is 0 Å². The van der Waals surface area contributed by atoms with E-state index in [1.165, 1.54) is 0 Å². The summed E-state index contributed by atoms with van der Waals surface area (Å²) in [6.45, 7) is 9.02. The largest absolute Gasteiger partial charge is 0.478 e. The van der Waals surface area contributed by atoms with Crippen molar-refractivity contribution in [1.82, 2.24) is 9.88 Å². The predicted octanol–water partition coefficient (Wildman–Crippen LogP) is 3.95. The Kier molecular flexibility index (Phi) is 5.85. The van der Waals surface area contributed by atoms with E-state index in [2.05, 4.69) is 4.98 Å². The second-order valence-electron chi connectivity index (χ2n) is 7.13. The summed E-state index contributed by atoms with van der Waals surface area (Å²) in [4.78, 5) is 18.4. The number of carbonyl (C=O) groups is 1. The molecule has 1 aliphatic rings. The molecule has 128 valence electrons. The second-order valence-corrected chi connectivity index (χ2v) is 7.13. The minimum absolute atomic E-state index is 0.184. The third-order valence-corrected chi connectivity index (χ3v) is 3.84. The van der Waals surface area contributed by atoms with E-state index in [1.54, 1.807) is 6.20 Å². The summed E-state index contributed by atoms with van der Waals surface area (Å²) in [6, 6.07) is 4.04. The molecule has 0 unspecified atom stereocenters. The van der Waals surface area contributed by atoms with Crippen molar-refractivity contribution in [3.8, 4) is 5.88 Å². The van der Waals surface area contributed by atoms with Crippen LogP contribution in [0.4, 0.5) is 4.79 Å². The number of aryl methyl sites for hydroxylation is 1. The maximum absolute atomic E-state index is 12.3. The molecule has 0 aliphatic carbocycles. The molecule has 0 bridgehead atoms. The molecule has 5 heteroatoms. The standard InChI is InChI=1S/C18H28N2O3/c1-14-8-9-16(19-13-14)22-12-10-15-7-5-6-11-20(15)17(21)23-18(2,3)4/h8-9,13,15H,5-7,10-12H2,1-4H3/t15-/m0/s1. The molecule has 0 aromatic carbocycles. The summed E-state index contributed by atoms with van der Waals surface area (Å²) in [7, 11) is 0. The minimum Gasteiger partial charge on any atom is -0.478 e. The molecule has 1 amide bonds. The molecule has 2 rings (SSSR count). The van der Waals surface area contributed by atoms with Crippen LogP contribution in [0.25, 0.3) is 0 Å². The summed E-state index contributed by atoms with van der Waals surface area (Å²) in [5.41, 5.74) is 0.655. The Morgan fingerprint density at radius 3 is 2.78 bits per heavy atom. The van der Waals surface area contributed by atoms with Crippen LogP contribution < -0.4 is 4.74 Å². The fraction of sp³-hybridized carbons (Fsp3) is 0.667. The fourth-order valence-electron chi connectivity index (χ4n) is 2.70. The highest BCUT2D eigenvalue weighted by atomic mass is 16.6. The van der Waals surface area contributed by atoms with Gasteiger partial charge in [-0.1, -0.05) is 6.07 Å². The first-order chi connectivity index (χ1) is 10.8. The highest BCUT2D eigenvalue weighted by Crippen LogP contribution is 2.22. The van der Waals surface area contributed by atoms with Gasteiger partial charge in [-0.25, -0.2) is 9.78 Å². The summed E-state index contributed by atoms with van der Waals surface area (Å²) in [6.07, 6.45) is 5.57. The molecular formula is C18H28N2O3. The molecule has 1 saturated heterocycles. The zero-order valence-corrected chi connectivity index (χ0v) is 14.7. The molecule has 0 spiro atoms. The Bertz CT molecular complexity index is 508. The number of likely N-dealkylation sites (tertiary alicyclic amines) is 1. The Labute approximate surface area is 139 Å². The van der Waals surface area contributed by atoms with E-state index in [0.717, 1.165) is 37.8 Å². The number of nitrogens with zero attached hydrogens (tertiary/aromatic N) is 2. The van der Waals surface area contributed by atoms with Gasteiger partial charge < -0.3 is 14.4 Å². The molecule has 1 fully saturated rings. The number of hydrogen-bond acceptors (Lipinski definition) is 4. The second kappa shape index (κ2) is 7.66. The van der Waals surface area contributed by atoms with Crippen molar-refractivity contribution in [1.29, 1.82) is 0 Å². The fourth-order valence-corrected chi connectivity index (χ4v) is 2.70. The average Bonchev–Trinajstić information content (AvgIpc) is 2.48. The number of pyridine rings is 1. The Morgan fingerprint density at radius 1 is 1.35 bits per heavy atom. The third-order valence-electron chi connectivity index (χ3n) is 3.84. The van der Waals surface area contributed by atoms with E-state index < -0.39 is 5.60 Å². The molecule has 23 heavy (non-hydrogen) atoms. The van der Waals surface area contributed by atoms with E-state index in [4.69, 9.17) is 9.47 Å². The van der Waals surface area contributed by atoms with E-state index >= 15 is 0 Å². The zero-order valence-electron chi connectivity index (χ0n) is 14.7. The van der Waals surface area contributed by atoms with Crippen LogP contribution in [-0.4, -0.2) is 40.8 Å². The van der Waals surface area contributed by atoms with E-state index in [-0.39, 0.29) is 12.1 Å². The summed E-state index contributed by atoms with van der Waals surface area (Å²) < 4.78 is 11.2. The maximum Gasteiger partial charge on any atom is 0.410 e. The molecule has 0 radical (unpaired) electrons. The first kappa shape index (κ1) is 17.6. The molecule has 5 nitrogen and oxygen atoms in total. The van der Waals surface area contributed by atoms with Crippen molar-refractivity contribution < 1.29 is 14.3 Å². The van der Waals surface area contributed by atoms with E-state index in [9.17, 15) is 4.79 Å². The first-order valence-electron chi connectivity index (χ1n) is 8.40. The number of ether oxygens (including phenoxy) is 2. The normalized spacial score (nSPS) is 18.6. The molecule has 1 atom stereocenters. The van der Waals surface area contributed by atoms with Gasteiger partial charge in [-0.05, 0) is 52.5 Å². The van der Waals surface area contributed by atoms with Crippen LogP contribution in [0.5, 0.6) is 5.88 Å². The number of carbonyl (C=O) groups excluding carboxylic acids is 1. The Balaban J connectivity index is 1.86. The molecular weight excluding hydrogens is 292 g/mol. The number of aromatic nitrogens is 1. The average molecular weight is 320 g/mol. The van der Waals surface area contributed by atoms with Gasteiger partial charge >= 0.3 is 6.09 Å². The topological polar surface area (TPSA) is 51.7 Å². The van der Waals surface area contributed by atoms with Gasteiger partial charge in [0.1, 0.15) is 5.60 Å². The Morgan fingerprint density at radius 2 is 2.13 bits per heavy atom. The van der Waals surface area contributed by atoms with Crippen LogP contribution in [0.3, 0.4) is 0 Å². The van der Waals surface area contributed by atoms with Crippen molar-refractivity contribution in [2.24, 2.45) is 0 Å². The predicted molar refractivity (Wildman–Crippen MR) is 89.7 cm³/mol. The summed E-state index contributed by atoms with van der Waals surface area (Å²) in [5, 5.41) is 0. The summed E-state index contributed by atoms with van der Waals surface area (Å²) >= 11 is 0. The van der Waals surface area contributed by atoms with Crippen molar-refractivity contribution >= 4 is 6.09 Å². The maximum atomic E-state index is 12.3. The van der Waals surface area contributed by atoms with Crippen molar-refractivity contribution in [3.63, 3.8) is 0 Å².